The first-order chi connectivity index (χ1) is 22.3. The Labute approximate surface area is 265 Å². The molecule has 0 aliphatic carbocycles. The molecule has 0 bridgehead atoms. The summed E-state index contributed by atoms with van der Waals surface area (Å²) in [5, 5.41) is 16.9. The zero-order chi connectivity index (χ0) is 32.7. The van der Waals surface area contributed by atoms with Gasteiger partial charge in [-0.15, -0.1) is 5.10 Å². The number of H-pyrrole nitrogens is 1. The van der Waals surface area contributed by atoms with Gasteiger partial charge < -0.3 is 39.7 Å². The molecule has 1 amide bonds. The number of piperazine rings is 1. The quantitative estimate of drug-likeness (QED) is 0.103. The first kappa shape index (κ1) is 34.5. The van der Waals surface area contributed by atoms with Crippen molar-refractivity contribution in [3.63, 3.8) is 0 Å². The highest BCUT2D eigenvalue weighted by Gasteiger charge is 2.20. The molecule has 3 aromatic heterocycles. The molecule has 4 rings (SSSR count). The van der Waals surface area contributed by atoms with E-state index in [1.807, 2.05) is 6.92 Å². The average molecular weight is 647 g/mol. The van der Waals surface area contributed by atoms with Crippen LogP contribution in [-0.4, -0.2) is 140 Å². The molecule has 0 atom stereocenters. The molecular formula is C28H42N10O8. The molecule has 4 N–H and O–H groups in total. The van der Waals surface area contributed by atoms with Gasteiger partial charge >= 0.3 is 17.7 Å². The third-order valence-corrected chi connectivity index (χ3v) is 7.05. The summed E-state index contributed by atoms with van der Waals surface area (Å²) in [6, 6.07) is 0.117. The molecule has 0 saturated carbocycles. The number of carbonyl (C=O) groups is 2. The smallest absolute Gasteiger partial charge is 0.328 e. The van der Waals surface area contributed by atoms with Gasteiger partial charge in [0.25, 0.3) is 0 Å². The molecule has 3 aromatic rings. The normalized spacial score (nSPS) is 14.1. The van der Waals surface area contributed by atoms with E-state index < -0.39 is 11.7 Å². The van der Waals surface area contributed by atoms with Crippen molar-refractivity contribution in [2.45, 2.75) is 32.9 Å². The number of aromatic amines is 1. The van der Waals surface area contributed by atoms with E-state index in [2.05, 4.69) is 30.2 Å². The van der Waals surface area contributed by atoms with E-state index in [1.165, 1.54) is 4.57 Å². The van der Waals surface area contributed by atoms with Gasteiger partial charge in [0.05, 0.1) is 58.9 Å². The molecule has 1 saturated heterocycles. The summed E-state index contributed by atoms with van der Waals surface area (Å²) in [6.45, 7) is 7.93. The highest BCUT2D eigenvalue weighted by molar-refractivity contribution is 5.82. The summed E-state index contributed by atoms with van der Waals surface area (Å²) in [5.41, 5.74) is 6.85. The number of nitrogens with two attached hydrogens (primary N) is 1. The first-order valence-corrected chi connectivity index (χ1v) is 15.2. The Morgan fingerprint density at radius 3 is 2.52 bits per heavy atom. The lowest BCUT2D eigenvalue weighted by Gasteiger charge is -2.34. The number of nitrogens with one attached hydrogen (secondary N) is 1. The number of hydrogen-bond donors (Lipinski definition) is 3. The number of anilines is 1. The van der Waals surface area contributed by atoms with Crippen LogP contribution in [0.1, 0.15) is 25.5 Å². The van der Waals surface area contributed by atoms with Crippen LogP contribution in [0.3, 0.4) is 0 Å². The van der Waals surface area contributed by atoms with Crippen LogP contribution in [0.15, 0.2) is 23.1 Å². The van der Waals surface area contributed by atoms with Gasteiger partial charge in [0.1, 0.15) is 17.8 Å². The number of unbranched alkanes of at least 4 members (excludes halogenated alkanes) is 1. The van der Waals surface area contributed by atoms with Crippen LogP contribution in [0.4, 0.5) is 5.82 Å². The number of rotatable bonds is 20. The van der Waals surface area contributed by atoms with Crippen molar-refractivity contribution in [2.75, 3.05) is 84.7 Å². The van der Waals surface area contributed by atoms with Crippen LogP contribution < -0.4 is 16.2 Å². The fourth-order valence-corrected chi connectivity index (χ4v) is 4.56. The number of carboxylic acids is 1. The van der Waals surface area contributed by atoms with E-state index in [-0.39, 0.29) is 30.9 Å². The Morgan fingerprint density at radius 2 is 1.78 bits per heavy atom. The Morgan fingerprint density at radius 1 is 1.04 bits per heavy atom. The van der Waals surface area contributed by atoms with Crippen molar-refractivity contribution in [3.8, 4) is 6.01 Å². The minimum Gasteiger partial charge on any atom is -0.478 e. The molecule has 46 heavy (non-hydrogen) atoms. The van der Waals surface area contributed by atoms with Gasteiger partial charge in [0, 0.05) is 38.8 Å². The maximum absolute atomic E-state index is 12.6. The second kappa shape index (κ2) is 17.9. The molecule has 18 nitrogen and oxygen atoms in total. The van der Waals surface area contributed by atoms with Gasteiger partial charge in [-0.3, -0.25) is 14.3 Å². The van der Waals surface area contributed by atoms with Crippen molar-refractivity contribution in [1.29, 1.82) is 0 Å². The lowest BCUT2D eigenvalue weighted by molar-refractivity contribution is -0.138. The number of nitrogen functional groups attached to an aromatic ring is 1. The van der Waals surface area contributed by atoms with Crippen molar-refractivity contribution in [2.24, 2.45) is 0 Å². The van der Waals surface area contributed by atoms with Crippen LogP contribution in [0.25, 0.3) is 11.2 Å². The molecule has 1 fully saturated rings. The first-order valence-electron chi connectivity index (χ1n) is 15.2. The fourth-order valence-electron chi connectivity index (χ4n) is 4.56. The monoisotopic (exact) mass is 646 g/mol. The predicted octanol–water partition coefficient (Wildman–Crippen LogP) is -0.645. The Kier molecular flexibility index (Phi) is 13.4. The highest BCUT2D eigenvalue weighted by atomic mass is 16.5. The van der Waals surface area contributed by atoms with Crippen LogP contribution in [0.2, 0.25) is 0 Å². The Hall–Kier alpha value is -4.39. The number of carboxylic acid groups (broad SMARTS) is 1. The van der Waals surface area contributed by atoms with Crippen LogP contribution >= 0.6 is 0 Å². The van der Waals surface area contributed by atoms with Gasteiger partial charge in [0.2, 0.25) is 5.91 Å². The summed E-state index contributed by atoms with van der Waals surface area (Å²) < 4.78 is 25.2. The van der Waals surface area contributed by atoms with Crippen LogP contribution in [-0.2, 0) is 36.9 Å². The van der Waals surface area contributed by atoms with Crippen molar-refractivity contribution < 1.29 is 33.6 Å². The Balaban J connectivity index is 1.06. The van der Waals surface area contributed by atoms with E-state index in [0.29, 0.717) is 95.8 Å². The van der Waals surface area contributed by atoms with E-state index in [1.54, 1.807) is 21.9 Å². The standard InChI is InChI=1S/C28H42N10O8/c1-2-3-12-46-27-31-25(29)24-26(32-27)38(28(42)30-24)19-21-18-37(34-33-21)11-13-43-14-15-44-16-17-45-20-22(39)36-9-7-35(8-10-36)6-4-5-23(40)41/h4-5,18H,2-3,6-17,19-20H2,1H3,(H,30,42)(H,40,41)(H2,29,31,32)/b5-4+. The summed E-state index contributed by atoms with van der Waals surface area (Å²) in [7, 11) is 0. The number of nitrogens with zero attached hydrogens (tertiary/aromatic N) is 8. The van der Waals surface area contributed by atoms with Gasteiger partial charge in [-0.1, -0.05) is 24.6 Å². The molecule has 18 heteroatoms. The minimum absolute atomic E-state index is 0.0100. The SMILES string of the molecule is CCCCOc1nc(N)c2[nH]c(=O)n(Cc3cn(CCOCCOCCOCC(=O)N4CCN(C/C=C/C(=O)O)CC4)nn3)c2n1. The number of hydrogen-bond acceptors (Lipinski definition) is 13. The van der Waals surface area contributed by atoms with Crippen LogP contribution in [0.5, 0.6) is 6.01 Å². The largest absolute Gasteiger partial charge is 0.478 e. The van der Waals surface area contributed by atoms with Crippen LogP contribution in [0, 0.1) is 0 Å². The lowest BCUT2D eigenvalue weighted by atomic mass is 10.3. The van der Waals surface area contributed by atoms with E-state index in [0.717, 1.165) is 18.9 Å². The minimum atomic E-state index is -0.966. The molecule has 0 spiro atoms. The Bertz CT molecular complexity index is 1490. The number of carbonyl (C=O) groups excluding carboxylic acids is 1. The number of amides is 1. The van der Waals surface area contributed by atoms with Gasteiger partial charge in [-0.25, -0.2) is 14.3 Å². The topological polar surface area (TPSA) is 218 Å². The number of aliphatic carboxylic acids is 1. The molecule has 0 radical (unpaired) electrons. The summed E-state index contributed by atoms with van der Waals surface area (Å²) >= 11 is 0. The molecule has 1 aliphatic heterocycles. The summed E-state index contributed by atoms with van der Waals surface area (Å²) in [6.07, 6.45) is 6.27. The third-order valence-electron chi connectivity index (χ3n) is 7.05. The van der Waals surface area contributed by atoms with E-state index in [9.17, 15) is 14.4 Å². The second-order valence-electron chi connectivity index (χ2n) is 10.5. The van der Waals surface area contributed by atoms with E-state index >= 15 is 0 Å². The molecule has 252 valence electrons. The zero-order valence-electron chi connectivity index (χ0n) is 26.0. The molecule has 0 unspecified atom stereocenters. The molecule has 1 aliphatic rings. The molecule has 4 heterocycles. The number of aromatic nitrogens is 7. The maximum atomic E-state index is 12.6. The van der Waals surface area contributed by atoms with Crippen molar-refractivity contribution in [3.05, 3.63) is 34.5 Å². The molecule has 0 aromatic carbocycles. The van der Waals surface area contributed by atoms with Gasteiger partial charge in [0.15, 0.2) is 11.5 Å². The number of ether oxygens (including phenoxy) is 4. The average Bonchev–Trinajstić information content (AvgIpc) is 3.62. The number of fused-ring (bicyclic) bond motifs is 1. The lowest BCUT2D eigenvalue weighted by Crippen LogP contribution is -2.49. The molecular weight excluding hydrogens is 604 g/mol. The fraction of sp³-hybridized carbons (Fsp3) is 0.607. The van der Waals surface area contributed by atoms with E-state index in [4.69, 9.17) is 29.8 Å². The van der Waals surface area contributed by atoms with Crippen molar-refractivity contribution >= 4 is 28.9 Å². The van der Waals surface area contributed by atoms with Gasteiger partial charge in [-0.2, -0.15) is 9.97 Å². The summed E-state index contributed by atoms with van der Waals surface area (Å²) in [5.74, 6) is -0.909. The predicted molar refractivity (Wildman–Crippen MR) is 164 cm³/mol. The highest BCUT2D eigenvalue weighted by Crippen LogP contribution is 2.18. The second-order valence-corrected chi connectivity index (χ2v) is 10.5. The zero-order valence-corrected chi connectivity index (χ0v) is 26.0. The maximum Gasteiger partial charge on any atom is 0.328 e. The van der Waals surface area contributed by atoms with Crippen molar-refractivity contribution in [1.82, 2.24) is 44.3 Å². The third kappa shape index (κ3) is 10.6. The number of imidazole rings is 1. The van der Waals surface area contributed by atoms with Gasteiger partial charge in [-0.05, 0) is 6.42 Å². The summed E-state index contributed by atoms with van der Waals surface area (Å²) in [4.78, 5) is 50.5.